The van der Waals surface area contributed by atoms with Gasteiger partial charge in [-0.05, 0) is 27.2 Å². The fraction of sp³-hybridized carbons (Fsp3) is 0.857. The minimum atomic E-state index is -0.495. The van der Waals surface area contributed by atoms with E-state index in [1.54, 1.807) is 16.9 Å². The number of hydrogen-bond donors (Lipinski definition) is 0. The molecular formula is C14H26N2O4. The SMILES string of the molecule is CCN1CC(OC(=O)C(C)(C)CC)CN(COC)C1=O. The summed E-state index contributed by atoms with van der Waals surface area (Å²) in [5.74, 6) is -0.215. The molecule has 0 N–H and O–H groups in total. The van der Waals surface area contributed by atoms with Crippen molar-refractivity contribution < 1.29 is 19.1 Å². The number of ether oxygens (including phenoxy) is 2. The molecule has 0 saturated carbocycles. The van der Waals surface area contributed by atoms with Crippen LogP contribution in [0.5, 0.6) is 0 Å². The average molecular weight is 286 g/mol. The Balaban J connectivity index is 2.71. The van der Waals surface area contributed by atoms with E-state index in [0.717, 1.165) is 6.42 Å². The van der Waals surface area contributed by atoms with Gasteiger partial charge in [0.25, 0.3) is 0 Å². The second kappa shape index (κ2) is 6.92. The van der Waals surface area contributed by atoms with Gasteiger partial charge in [-0.2, -0.15) is 0 Å². The van der Waals surface area contributed by atoms with Crippen molar-refractivity contribution in [2.75, 3.05) is 33.5 Å². The molecule has 6 heteroatoms. The number of methoxy groups -OCH3 is 1. The van der Waals surface area contributed by atoms with Gasteiger partial charge in [-0.3, -0.25) is 9.69 Å². The first-order chi connectivity index (χ1) is 9.35. The highest BCUT2D eigenvalue weighted by molar-refractivity contribution is 5.77. The zero-order valence-corrected chi connectivity index (χ0v) is 13.1. The van der Waals surface area contributed by atoms with Crippen LogP contribution >= 0.6 is 0 Å². The molecule has 0 spiro atoms. The number of amides is 2. The Morgan fingerprint density at radius 1 is 1.30 bits per heavy atom. The Morgan fingerprint density at radius 3 is 2.40 bits per heavy atom. The van der Waals surface area contributed by atoms with E-state index in [1.165, 1.54) is 0 Å². The first-order valence-electron chi connectivity index (χ1n) is 7.09. The van der Waals surface area contributed by atoms with Crippen LogP contribution in [0.25, 0.3) is 0 Å². The molecule has 1 heterocycles. The number of hydrogen-bond acceptors (Lipinski definition) is 4. The molecule has 0 aliphatic carbocycles. The van der Waals surface area contributed by atoms with Crippen LogP contribution in [0.15, 0.2) is 0 Å². The average Bonchev–Trinajstić information content (AvgIpc) is 2.42. The van der Waals surface area contributed by atoms with Gasteiger partial charge in [0.05, 0.1) is 18.5 Å². The van der Waals surface area contributed by atoms with Crippen LogP contribution in [0.4, 0.5) is 4.79 Å². The first-order valence-corrected chi connectivity index (χ1v) is 7.09. The molecule has 1 saturated heterocycles. The van der Waals surface area contributed by atoms with Gasteiger partial charge in [-0.25, -0.2) is 4.79 Å². The number of urea groups is 1. The maximum absolute atomic E-state index is 12.1. The standard InChI is InChI=1S/C14H26N2O4/c1-6-14(3,4)12(17)20-11-8-15(7-2)13(18)16(9-11)10-19-5/h11H,6-10H2,1-5H3. The largest absolute Gasteiger partial charge is 0.458 e. The summed E-state index contributed by atoms with van der Waals surface area (Å²) >= 11 is 0. The van der Waals surface area contributed by atoms with Gasteiger partial charge < -0.3 is 14.4 Å². The lowest BCUT2D eigenvalue weighted by Gasteiger charge is -2.39. The Morgan fingerprint density at radius 2 is 1.90 bits per heavy atom. The molecular weight excluding hydrogens is 260 g/mol. The molecule has 20 heavy (non-hydrogen) atoms. The number of likely N-dealkylation sites (N-methyl/N-ethyl adjacent to an activating group) is 1. The van der Waals surface area contributed by atoms with Crippen LogP contribution < -0.4 is 0 Å². The van der Waals surface area contributed by atoms with E-state index in [1.807, 2.05) is 27.7 Å². The van der Waals surface area contributed by atoms with Gasteiger partial charge in [-0.1, -0.05) is 6.92 Å². The van der Waals surface area contributed by atoms with Crippen LogP contribution in [0.2, 0.25) is 0 Å². The van der Waals surface area contributed by atoms with Crippen LogP contribution in [-0.2, 0) is 14.3 Å². The highest BCUT2D eigenvalue weighted by atomic mass is 16.5. The van der Waals surface area contributed by atoms with Crippen LogP contribution in [0, 0.1) is 5.41 Å². The molecule has 116 valence electrons. The summed E-state index contributed by atoms with van der Waals surface area (Å²) in [7, 11) is 1.54. The van der Waals surface area contributed by atoms with Crippen molar-refractivity contribution in [3.63, 3.8) is 0 Å². The maximum atomic E-state index is 12.1. The lowest BCUT2D eigenvalue weighted by atomic mass is 9.90. The molecule has 1 fully saturated rings. The van der Waals surface area contributed by atoms with Gasteiger partial charge in [0.2, 0.25) is 0 Å². The van der Waals surface area contributed by atoms with E-state index >= 15 is 0 Å². The number of rotatable bonds is 6. The summed E-state index contributed by atoms with van der Waals surface area (Å²) in [6.45, 7) is 9.23. The summed E-state index contributed by atoms with van der Waals surface area (Å²) in [6.07, 6.45) is 0.414. The van der Waals surface area contributed by atoms with Crippen LogP contribution in [0.3, 0.4) is 0 Å². The molecule has 0 bridgehead atoms. The van der Waals surface area contributed by atoms with Gasteiger partial charge >= 0.3 is 12.0 Å². The summed E-state index contributed by atoms with van der Waals surface area (Å²) in [4.78, 5) is 27.4. The molecule has 1 aliphatic heterocycles. The highest BCUT2D eigenvalue weighted by Crippen LogP contribution is 2.23. The lowest BCUT2D eigenvalue weighted by molar-refractivity contribution is -0.163. The lowest BCUT2D eigenvalue weighted by Crippen LogP contribution is -2.57. The van der Waals surface area contributed by atoms with Crippen LogP contribution in [-0.4, -0.2) is 61.4 Å². The quantitative estimate of drug-likeness (QED) is 0.697. The Hall–Kier alpha value is -1.30. The molecule has 6 nitrogen and oxygen atoms in total. The molecule has 0 aromatic carbocycles. The zero-order valence-electron chi connectivity index (χ0n) is 13.1. The minimum Gasteiger partial charge on any atom is -0.458 e. The second-order valence-electron chi connectivity index (χ2n) is 5.73. The number of nitrogens with zero attached hydrogens (tertiary/aromatic N) is 2. The predicted molar refractivity (Wildman–Crippen MR) is 75.2 cm³/mol. The van der Waals surface area contributed by atoms with Crippen molar-refractivity contribution in [2.24, 2.45) is 5.41 Å². The molecule has 0 radical (unpaired) electrons. The van der Waals surface area contributed by atoms with Crippen molar-refractivity contribution in [1.82, 2.24) is 9.80 Å². The zero-order chi connectivity index (χ0) is 15.3. The highest BCUT2D eigenvalue weighted by Gasteiger charge is 2.36. The topological polar surface area (TPSA) is 59.1 Å². The number of esters is 1. The first kappa shape index (κ1) is 16.8. The minimum absolute atomic E-state index is 0.0728. The molecule has 1 unspecified atom stereocenters. The second-order valence-corrected chi connectivity index (χ2v) is 5.73. The summed E-state index contributed by atoms with van der Waals surface area (Å²) < 4.78 is 10.6. The fourth-order valence-electron chi connectivity index (χ4n) is 1.96. The smallest absolute Gasteiger partial charge is 0.322 e. The van der Waals surface area contributed by atoms with Crippen molar-refractivity contribution in [2.45, 2.75) is 40.2 Å². The monoisotopic (exact) mass is 286 g/mol. The van der Waals surface area contributed by atoms with E-state index in [9.17, 15) is 9.59 Å². The van der Waals surface area contributed by atoms with Gasteiger partial charge in [0.1, 0.15) is 12.8 Å². The summed E-state index contributed by atoms with van der Waals surface area (Å²) in [5, 5.41) is 0. The van der Waals surface area contributed by atoms with E-state index in [-0.39, 0.29) is 24.8 Å². The van der Waals surface area contributed by atoms with E-state index < -0.39 is 5.41 Å². The molecule has 0 aromatic rings. The van der Waals surface area contributed by atoms with E-state index in [4.69, 9.17) is 9.47 Å². The molecule has 1 atom stereocenters. The normalized spacial score (nSPS) is 20.2. The number of carbonyl (C=O) groups excluding carboxylic acids is 2. The summed E-state index contributed by atoms with van der Waals surface area (Å²) in [6, 6.07) is -0.0728. The Kier molecular flexibility index (Phi) is 5.80. The fourth-order valence-corrected chi connectivity index (χ4v) is 1.96. The molecule has 2 amide bonds. The third-order valence-corrected chi connectivity index (χ3v) is 3.77. The molecule has 0 aromatic heterocycles. The van der Waals surface area contributed by atoms with E-state index in [2.05, 4.69) is 0 Å². The van der Waals surface area contributed by atoms with Crippen molar-refractivity contribution in [3.05, 3.63) is 0 Å². The molecule has 1 aliphatic rings. The predicted octanol–water partition coefficient (Wildman–Crippen LogP) is 1.70. The third-order valence-electron chi connectivity index (χ3n) is 3.77. The van der Waals surface area contributed by atoms with Crippen LogP contribution in [0.1, 0.15) is 34.1 Å². The number of carbonyl (C=O) groups is 2. The van der Waals surface area contributed by atoms with E-state index in [0.29, 0.717) is 19.6 Å². The Bertz CT molecular complexity index is 357. The third kappa shape index (κ3) is 3.85. The maximum Gasteiger partial charge on any atom is 0.322 e. The van der Waals surface area contributed by atoms with Crippen molar-refractivity contribution in [3.8, 4) is 0 Å². The van der Waals surface area contributed by atoms with Gasteiger partial charge in [-0.15, -0.1) is 0 Å². The Labute approximate surface area is 121 Å². The van der Waals surface area contributed by atoms with Gasteiger partial charge in [0.15, 0.2) is 0 Å². The summed E-state index contributed by atoms with van der Waals surface area (Å²) in [5.41, 5.74) is -0.495. The van der Waals surface area contributed by atoms with Crippen molar-refractivity contribution >= 4 is 12.0 Å². The van der Waals surface area contributed by atoms with Crippen molar-refractivity contribution in [1.29, 1.82) is 0 Å². The molecule has 1 rings (SSSR count). The van der Waals surface area contributed by atoms with Gasteiger partial charge in [0, 0.05) is 13.7 Å².